The quantitative estimate of drug-likeness (QED) is 0.800. The molecule has 112 valence electrons. The Balaban J connectivity index is 2.37. The van der Waals surface area contributed by atoms with Gasteiger partial charge in [-0.2, -0.15) is 0 Å². The number of ketones is 1. The second kappa shape index (κ2) is 5.10. The van der Waals surface area contributed by atoms with Crippen molar-refractivity contribution in [3.05, 3.63) is 70.6 Å². The molecule has 22 heavy (non-hydrogen) atoms. The number of benzene rings is 2. The molecule has 1 aliphatic heterocycles. The van der Waals surface area contributed by atoms with Crippen LogP contribution in [0.2, 0.25) is 0 Å². The number of carbonyl (C=O) groups excluding carboxylic acids is 1. The minimum Gasteiger partial charge on any atom is -0.376 e. The number of Topliss-reactive ketones (excluding diaryl/α,β-unsaturated/α-hetero) is 1. The third kappa shape index (κ3) is 2.05. The van der Waals surface area contributed by atoms with Crippen LogP contribution in [-0.2, 0) is 9.84 Å². The van der Waals surface area contributed by atoms with Gasteiger partial charge in [0.2, 0.25) is 15.6 Å². The van der Waals surface area contributed by atoms with E-state index in [1.807, 2.05) is 18.2 Å². The predicted molar refractivity (Wildman–Crippen MR) is 85.0 cm³/mol. The topological polar surface area (TPSA) is 54.5 Å². The van der Waals surface area contributed by atoms with E-state index in [9.17, 15) is 13.2 Å². The van der Waals surface area contributed by atoms with Crippen LogP contribution in [0.15, 0.2) is 64.4 Å². The first-order valence-electron chi connectivity index (χ1n) is 6.80. The summed E-state index contributed by atoms with van der Waals surface area (Å²) in [5.41, 5.74) is 1.36. The molecule has 2 aromatic carbocycles. The van der Waals surface area contributed by atoms with Gasteiger partial charge in [-0.1, -0.05) is 42.5 Å². The molecule has 0 saturated heterocycles. The fourth-order valence-corrected chi connectivity index (χ4v) is 4.50. The predicted octanol–water partition coefficient (Wildman–Crippen LogP) is 2.59. The maximum absolute atomic E-state index is 12.8. The van der Waals surface area contributed by atoms with E-state index in [-0.39, 0.29) is 15.4 Å². The number of sulfone groups is 1. The van der Waals surface area contributed by atoms with Crippen LogP contribution in [0.5, 0.6) is 0 Å². The van der Waals surface area contributed by atoms with Gasteiger partial charge in [-0.15, -0.1) is 0 Å². The maximum Gasteiger partial charge on any atom is 0.213 e. The van der Waals surface area contributed by atoms with Crippen LogP contribution in [0.1, 0.15) is 15.9 Å². The highest BCUT2D eigenvalue weighted by atomic mass is 32.2. The van der Waals surface area contributed by atoms with Crippen molar-refractivity contribution in [2.75, 3.05) is 14.1 Å². The van der Waals surface area contributed by atoms with E-state index < -0.39 is 15.6 Å². The molecular formula is C17H15NO3S. The summed E-state index contributed by atoms with van der Waals surface area (Å²) in [5.74, 6) is -0.442. The van der Waals surface area contributed by atoms with Gasteiger partial charge in [-0.05, 0) is 17.7 Å². The molecule has 4 nitrogen and oxygen atoms in total. The van der Waals surface area contributed by atoms with Crippen molar-refractivity contribution in [3.8, 4) is 0 Å². The second-order valence-electron chi connectivity index (χ2n) is 5.27. The monoisotopic (exact) mass is 313 g/mol. The normalized spacial score (nSPS) is 18.0. The third-order valence-electron chi connectivity index (χ3n) is 3.61. The molecule has 0 atom stereocenters. The average molecular weight is 313 g/mol. The Morgan fingerprint density at radius 3 is 2.09 bits per heavy atom. The van der Waals surface area contributed by atoms with Gasteiger partial charge in [0.1, 0.15) is 4.91 Å². The van der Waals surface area contributed by atoms with Gasteiger partial charge in [0.15, 0.2) is 0 Å². The summed E-state index contributed by atoms with van der Waals surface area (Å²) in [5, 5.41) is 0. The summed E-state index contributed by atoms with van der Waals surface area (Å²) in [7, 11) is -0.325. The molecule has 5 heteroatoms. The molecule has 1 aliphatic rings. The summed E-state index contributed by atoms with van der Waals surface area (Å²) in [4.78, 5) is 14.3. The average Bonchev–Trinajstić information content (AvgIpc) is 2.70. The lowest BCUT2D eigenvalue weighted by Crippen LogP contribution is -2.17. The minimum atomic E-state index is -3.80. The Bertz CT molecular complexity index is 881. The molecule has 0 aromatic heterocycles. The molecule has 0 N–H and O–H groups in total. The number of fused-ring (bicyclic) bond motifs is 1. The van der Waals surface area contributed by atoms with Crippen LogP contribution in [0, 0.1) is 0 Å². The summed E-state index contributed by atoms with van der Waals surface area (Å²) in [6, 6.07) is 15.4. The van der Waals surface area contributed by atoms with E-state index in [2.05, 4.69) is 0 Å². The maximum atomic E-state index is 12.8. The van der Waals surface area contributed by atoms with Crippen LogP contribution in [0.25, 0.3) is 5.70 Å². The molecular weight excluding hydrogens is 298 g/mol. The van der Waals surface area contributed by atoms with E-state index in [1.54, 1.807) is 49.3 Å². The van der Waals surface area contributed by atoms with Crippen LogP contribution in [0.4, 0.5) is 0 Å². The molecule has 0 fully saturated rings. The van der Waals surface area contributed by atoms with Gasteiger partial charge in [0.05, 0.1) is 10.6 Å². The van der Waals surface area contributed by atoms with Gasteiger partial charge in [0, 0.05) is 19.7 Å². The lowest BCUT2D eigenvalue weighted by Gasteiger charge is -2.19. The van der Waals surface area contributed by atoms with E-state index in [0.717, 1.165) is 0 Å². The van der Waals surface area contributed by atoms with E-state index in [1.165, 1.54) is 6.07 Å². The summed E-state index contributed by atoms with van der Waals surface area (Å²) >= 11 is 0. The zero-order valence-corrected chi connectivity index (χ0v) is 13.1. The van der Waals surface area contributed by atoms with Gasteiger partial charge in [0.25, 0.3) is 0 Å². The lowest BCUT2D eigenvalue weighted by molar-refractivity contribution is 0.104. The van der Waals surface area contributed by atoms with E-state index >= 15 is 0 Å². The van der Waals surface area contributed by atoms with Crippen LogP contribution >= 0.6 is 0 Å². The molecule has 1 heterocycles. The van der Waals surface area contributed by atoms with Gasteiger partial charge >= 0.3 is 0 Å². The first-order chi connectivity index (χ1) is 10.4. The van der Waals surface area contributed by atoms with Crippen LogP contribution < -0.4 is 0 Å². The first-order valence-corrected chi connectivity index (χ1v) is 8.28. The largest absolute Gasteiger partial charge is 0.376 e. The zero-order chi connectivity index (χ0) is 15.9. The molecule has 0 spiro atoms. The SMILES string of the molecule is CN(C)/C(=C1\C(=O)c2ccccc2S1(=O)=O)c1ccccc1. The molecule has 0 saturated carbocycles. The second-order valence-corrected chi connectivity index (χ2v) is 7.12. The number of rotatable bonds is 2. The molecule has 0 radical (unpaired) electrons. The number of nitrogens with zero attached hydrogens (tertiary/aromatic N) is 1. The van der Waals surface area contributed by atoms with Crippen LogP contribution in [0.3, 0.4) is 0 Å². The lowest BCUT2D eigenvalue weighted by atomic mass is 10.1. The molecule has 0 bridgehead atoms. The Kier molecular flexibility index (Phi) is 3.37. The minimum absolute atomic E-state index is 0.0882. The molecule has 0 aliphatic carbocycles. The molecule has 2 aromatic rings. The Hall–Kier alpha value is -2.40. The fourth-order valence-electron chi connectivity index (χ4n) is 2.67. The fraction of sp³-hybridized carbons (Fsp3) is 0.118. The summed E-state index contributed by atoms with van der Waals surface area (Å²) < 4.78 is 25.6. The standard InChI is InChI=1S/C17H15NO3S/c1-18(2)15(12-8-4-3-5-9-12)17-16(19)13-10-6-7-11-14(13)22(17,20)21/h3-11H,1-2H3/b17-15+. The van der Waals surface area contributed by atoms with Crippen molar-refractivity contribution >= 4 is 21.3 Å². The number of hydrogen-bond acceptors (Lipinski definition) is 4. The first kappa shape index (κ1) is 14.5. The molecule has 0 unspecified atom stereocenters. The highest BCUT2D eigenvalue weighted by molar-refractivity contribution is 7.97. The van der Waals surface area contributed by atoms with E-state index in [0.29, 0.717) is 11.3 Å². The Labute approximate surface area is 129 Å². The van der Waals surface area contributed by atoms with Gasteiger partial charge < -0.3 is 4.90 Å². The highest BCUT2D eigenvalue weighted by Gasteiger charge is 2.41. The summed E-state index contributed by atoms with van der Waals surface area (Å²) in [6.45, 7) is 0. The third-order valence-corrected chi connectivity index (χ3v) is 5.46. The van der Waals surface area contributed by atoms with Crippen molar-refractivity contribution in [1.29, 1.82) is 0 Å². The van der Waals surface area contributed by atoms with Crippen molar-refractivity contribution in [2.45, 2.75) is 4.90 Å². The number of carbonyl (C=O) groups is 1. The van der Waals surface area contributed by atoms with Gasteiger partial charge in [-0.3, -0.25) is 4.79 Å². The smallest absolute Gasteiger partial charge is 0.213 e. The van der Waals surface area contributed by atoms with Crippen molar-refractivity contribution in [3.63, 3.8) is 0 Å². The van der Waals surface area contributed by atoms with Crippen molar-refractivity contribution in [1.82, 2.24) is 4.90 Å². The molecule has 3 rings (SSSR count). The zero-order valence-electron chi connectivity index (χ0n) is 12.3. The number of hydrogen-bond donors (Lipinski definition) is 0. The Morgan fingerprint density at radius 2 is 1.50 bits per heavy atom. The number of allylic oxidation sites excluding steroid dienone is 1. The Morgan fingerprint density at radius 1 is 0.909 bits per heavy atom. The van der Waals surface area contributed by atoms with Crippen LogP contribution in [-0.4, -0.2) is 33.2 Å². The van der Waals surface area contributed by atoms with Crippen molar-refractivity contribution in [2.24, 2.45) is 0 Å². The highest BCUT2D eigenvalue weighted by Crippen LogP contribution is 2.38. The van der Waals surface area contributed by atoms with Crippen molar-refractivity contribution < 1.29 is 13.2 Å². The summed E-state index contributed by atoms with van der Waals surface area (Å²) in [6.07, 6.45) is 0. The molecule has 0 amide bonds. The van der Waals surface area contributed by atoms with E-state index in [4.69, 9.17) is 0 Å². The van der Waals surface area contributed by atoms with Gasteiger partial charge in [-0.25, -0.2) is 8.42 Å².